The minimum atomic E-state index is -1.12. The third-order valence-corrected chi connectivity index (χ3v) is 14.6. The van der Waals surface area contributed by atoms with E-state index in [1.807, 2.05) is 0 Å². The fraction of sp³-hybridized carbons (Fsp3) is 0.143. The second-order valence-electron chi connectivity index (χ2n) is 20.3. The van der Waals surface area contributed by atoms with Crippen LogP contribution in [0.4, 0.5) is 0 Å². The molecule has 0 aromatic carbocycles. The predicted octanol–water partition coefficient (Wildman–Crippen LogP) is 1.33. The van der Waals surface area contributed by atoms with Gasteiger partial charge >= 0.3 is 22.8 Å². The van der Waals surface area contributed by atoms with Crippen LogP contribution in [-0.2, 0) is 38.4 Å². The SMILES string of the molecule is O=C1C2=CC(=[N+]([O-])[O-])C=C1CC1=CC(=[N+]([O-])[O-])C=C(CC3=CC(=[N+](O)O)C=C(CC4=CC(=[N+](O)O)C=C(CC5=CC(=[N+](O)O)C=C(CC6=CC(=[N+](O)O)C=C(CC7=CC(=[N+]([O-])[O-])C=C(CC8=CC(=[N+]([O-])[O-])C=C(C2)C8=O)C7=O)C6=O)C5=O)C4=O)C3=O)C1=O. The van der Waals surface area contributed by atoms with E-state index in [-0.39, 0.29) is 0 Å². The van der Waals surface area contributed by atoms with Crippen molar-refractivity contribution >= 4 is 92.0 Å². The molecule has 9 aliphatic carbocycles. The first-order valence-electron chi connectivity index (χ1n) is 25.4. The summed E-state index contributed by atoms with van der Waals surface area (Å²) in [6.07, 6.45) is 5.67. The lowest BCUT2D eigenvalue weighted by atomic mass is 9.79. The monoisotopic (exact) mass is 1210 g/mol. The second-order valence-corrected chi connectivity index (χ2v) is 20.3. The molecule has 0 aromatic rings. The Balaban J connectivity index is 1.16. The van der Waals surface area contributed by atoms with Gasteiger partial charge in [0.25, 0.3) is 0 Å². The summed E-state index contributed by atoms with van der Waals surface area (Å²) in [7, 11) is 0. The Bertz CT molecular complexity index is 3280. The van der Waals surface area contributed by atoms with Crippen LogP contribution in [-0.4, -0.2) is 173 Å². The molecule has 0 spiro atoms. The molecule has 88 heavy (non-hydrogen) atoms. The van der Waals surface area contributed by atoms with E-state index in [1.54, 1.807) is 0 Å². The molecule has 32 heteroatoms. The number of carbonyl (C=O) groups is 8. The molecule has 0 amide bonds. The Labute approximate surface area is 489 Å². The van der Waals surface area contributed by atoms with Crippen LogP contribution in [0.2, 0.25) is 0 Å². The summed E-state index contributed by atoms with van der Waals surface area (Å²) in [5.74, 6) is -8.56. The fourth-order valence-electron chi connectivity index (χ4n) is 10.5. The first-order chi connectivity index (χ1) is 41.5. The number of Topliss-reactive ketones (excluding diaryl/α,β-unsaturated/α-hetero) is 8. The normalized spacial score (nSPS) is 20.4. The molecule has 0 aromatic heterocycles. The van der Waals surface area contributed by atoms with Crippen LogP contribution in [0.25, 0.3) is 0 Å². The first-order valence-corrected chi connectivity index (χ1v) is 25.4. The molecular formula is C56H40N8O24. The summed E-state index contributed by atoms with van der Waals surface area (Å²) >= 11 is 0. The van der Waals surface area contributed by atoms with Crippen LogP contribution >= 0.6 is 0 Å². The van der Waals surface area contributed by atoms with Gasteiger partial charge in [-0.15, -0.1) is 0 Å². The molecule has 8 N–H and O–H groups in total. The van der Waals surface area contributed by atoms with E-state index < -0.39 is 272 Å². The number of rotatable bonds is 0. The third kappa shape index (κ3) is 11.9. The van der Waals surface area contributed by atoms with Crippen molar-refractivity contribution in [2.45, 2.75) is 51.4 Å². The summed E-state index contributed by atoms with van der Waals surface area (Å²) in [6.45, 7) is 0. The minimum absolute atomic E-state index is 0.461. The van der Waals surface area contributed by atoms with Crippen LogP contribution in [0, 0.1) is 41.7 Å². The number of hydrogen-bond donors (Lipinski definition) is 8. The average Bonchev–Trinajstić information content (AvgIpc) is 2.84. The molecule has 0 aliphatic heterocycles. The van der Waals surface area contributed by atoms with Gasteiger partial charge in [-0.05, 0) is 0 Å². The second kappa shape index (κ2) is 23.2. The summed E-state index contributed by atoms with van der Waals surface area (Å²) in [5.41, 5.74) is -14.2. The Morgan fingerprint density at radius 1 is 0.193 bits per heavy atom. The van der Waals surface area contributed by atoms with Crippen molar-refractivity contribution < 1.29 is 119 Å². The topological polar surface area (TPSA) is 507 Å². The van der Waals surface area contributed by atoms with E-state index in [4.69, 9.17) is 0 Å². The van der Waals surface area contributed by atoms with Gasteiger partial charge in [0.15, 0.2) is 65.9 Å². The first kappa shape index (κ1) is 60.0. The van der Waals surface area contributed by atoms with E-state index in [9.17, 15) is 122 Å². The predicted molar refractivity (Wildman–Crippen MR) is 290 cm³/mol. The van der Waals surface area contributed by atoms with Gasteiger partial charge < -0.3 is 41.7 Å². The molecule has 1 fully saturated rings. The number of allylic oxidation sites excluding steroid dienone is 32. The summed E-state index contributed by atoms with van der Waals surface area (Å²) in [6, 6.07) is 0. The Morgan fingerprint density at radius 3 is 0.364 bits per heavy atom. The zero-order chi connectivity index (χ0) is 64.1. The molecule has 0 unspecified atom stereocenters. The maximum absolute atomic E-state index is 14.4. The molecule has 32 nitrogen and oxygen atoms in total. The highest BCUT2D eigenvalue weighted by atomic mass is 16.8. The molecular weight excluding hydrogens is 1170 g/mol. The summed E-state index contributed by atoms with van der Waals surface area (Å²) in [4.78, 5) is 109. The maximum Gasteiger partial charge on any atom is 0.312 e. The van der Waals surface area contributed by atoms with Crippen molar-refractivity contribution in [1.29, 1.82) is 0 Å². The van der Waals surface area contributed by atoms with Gasteiger partial charge in [0.05, 0.1) is 0 Å². The maximum atomic E-state index is 14.4. The number of hydrogen-bond acceptors (Lipinski definition) is 24. The summed E-state index contributed by atoms with van der Waals surface area (Å²) < 4.78 is 0. The van der Waals surface area contributed by atoms with Crippen LogP contribution in [0.3, 0.4) is 0 Å². The number of nitrogens with zero attached hydrogens (tertiary/aromatic N) is 8. The van der Waals surface area contributed by atoms with Crippen LogP contribution in [0.5, 0.6) is 0 Å². The van der Waals surface area contributed by atoms with Gasteiger partial charge in [0.1, 0.15) is 0 Å². The number of carbonyl (C=O) groups excluding carboxylic acids is 8. The van der Waals surface area contributed by atoms with Crippen molar-refractivity contribution in [2.75, 3.05) is 0 Å². The molecule has 1 saturated carbocycles. The Hall–Kier alpha value is -12.6. The molecule has 0 saturated heterocycles. The van der Waals surface area contributed by atoms with Crippen molar-refractivity contribution in [3.8, 4) is 0 Å². The van der Waals surface area contributed by atoms with Gasteiger partial charge in [0.2, 0.25) is 22.8 Å². The quantitative estimate of drug-likeness (QED) is 0.0734. The average molecular weight is 1210 g/mol. The molecule has 9 aliphatic rings. The highest BCUT2D eigenvalue weighted by molar-refractivity contribution is 6.31. The molecule has 0 heterocycles. The van der Waals surface area contributed by atoms with E-state index in [2.05, 4.69) is 0 Å². The highest BCUT2D eigenvalue weighted by Crippen LogP contribution is 2.37. The van der Waals surface area contributed by atoms with Gasteiger partial charge in [-0.25, -0.2) is 41.7 Å². The number of ketones is 8. The lowest BCUT2D eigenvalue weighted by Crippen LogP contribution is -2.27. The van der Waals surface area contributed by atoms with E-state index in [0.29, 0.717) is 24.3 Å². The van der Waals surface area contributed by atoms with E-state index in [1.165, 1.54) is 0 Å². The zero-order valence-corrected chi connectivity index (χ0v) is 44.6. The largest absolute Gasteiger partial charge is 0.612 e. The van der Waals surface area contributed by atoms with Crippen molar-refractivity contribution in [3.63, 3.8) is 0 Å². The third-order valence-electron chi connectivity index (χ3n) is 14.6. The van der Waals surface area contributed by atoms with Gasteiger partial charge in [-0.2, -0.15) is 19.6 Å². The van der Waals surface area contributed by atoms with Gasteiger partial charge in [-0.1, -0.05) is 0 Å². The van der Waals surface area contributed by atoms with Crippen LogP contribution in [0.15, 0.2) is 186 Å². The van der Waals surface area contributed by atoms with Crippen LogP contribution < -0.4 is 0 Å². The van der Waals surface area contributed by atoms with Crippen molar-refractivity contribution in [1.82, 2.24) is 0 Å². The molecule has 448 valence electrons. The molecule has 16 bridgehead atoms. The van der Waals surface area contributed by atoms with Gasteiger partial charge in [-0.3, -0.25) is 38.4 Å². The lowest BCUT2D eigenvalue weighted by molar-refractivity contribution is -0.954. The van der Waals surface area contributed by atoms with E-state index in [0.717, 1.165) is 72.9 Å². The van der Waals surface area contributed by atoms with Crippen molar-refractivity contribution in [3.05, 3.63) is 228 Å². The molecule has 9 rings (SSSR count). The van der Waals surface area contributed by atoms with Gasteiger partial charge in [0, 0.05) is 238 Å². The Kier molecular flexibility index (Phi) is 15.8. The fourth-order valence-corrected chi connectivity index (χ4v) is 10.5. The minimum Gasteiger partial charge on any atom is -0.612 e. The smallest absolute Gasteiger partial charge is 0.312 e. The Morgan fingerprint density at radius 2 is 0.284 bits per heavy atom. The zero-order valence-electron chi connectivity index (χ0n) is 44.6. The van der Waals surface area contributed by atoms with Crippen LogP contribution in [0.1, 0.15) is 51.4 Å². The summed E-state index contributed by atoms with van der Waals surface area (Å²) in [5, 5.41) is 181. The van der Waals surface area contributed by atoms with E-state index >= 15 is 0 Å². The molecule has 0 atom stereocenters. The molecule has 0 radical (unpaired) electrons. The highest BCUT2D eigenvalue weighted by Gasteiger charge is 2.40. The standard InChI is InChI=1S/C56H40N8O24/c65-49-25-1-26-10-42(58(75)76)12-28(50(26)66)3-30-14-44(60(79)80)16-32(52(30)68)5-34-18-46(62(83)84)20-36(54(34)70)7-38-22-48(64(87)88)24-40(56(38)72)8-39-23-47(63(85)86)21-37(55(39)71)6-35-19-45(61(81)82)17-33(53(35)69)4-31-15-43(59(77)78)13-29(51(31)67)2-27(49)11-41(9-25)57(73)74/h9-24H,1-8H2,(H8-4,65,66,67,68,69,70,71,72,73,74,75,76,77,78,79,80,81,82,83,84,85,86,87,88). The van der Waals surface area contributed by atoms with Crippen molar-refractivity contribution in [2.24, 2.45) is 0 Å². The lowest BCUT2D eigenvalue weighted by Gasteiger charge is -2.22. The number of fused-ring (bicyclic) bond motifs is 16.